The largest absolute Gasteiger partial charge is 0.342 e. The molecule has 3 aromatic rings. The van der Waals surface area contributed by atoms with E-state index < -0.39 is 0 Å². The second-order valence-electron chi connectivity index (χ2n) is 5.20. The summed E-state index contributed by atoms with van der Waals surface area (Å²) in [5.41, 5.74) is 2.55. The standard InChI is InChI=1S/C17H19ClN2S/c1-2-7-19-10-13-11-20(12-15-4-3-8-21-15)17-9-14(18)5-6-16(13)17/h3-6,8-9,11,19H,2,7,10,12H2,1H3. The highest BCUT2D eigenvalue weighted by atomic mass is 35.5. The molecule has 0 aliphatic carbocycles. The van der Waals surface area contributed by atoms with Crippen molar-refractivity contribution < 1.29 is 0 Å². The van der Waals surface area contributed by atoms with E-state index in [0.29, 0.717) is 0 Å². The van der Waals surface area contributed by atoms with Crippen LogP contribution in [0, 0.1) is 0 Å². The topological polar surface area (TPSA) is 17.0 Å². The van der Waals surface area contributed by atoms with Crippen molar-refractivity contribution in [2.24, 2.45) is 0 Å². The van der Waals surface area contributed by atoms with Crippen LogP contribution < -0.4 is 5.32 Å². The van der Waals surface area contributed by atoms with Crippen molar-refractivity contribution >= 4 is 33.8 Å². The van der Waals surface area contributed by atoms with Crippen LogP contribution in [-0.4, -0.2) is 11.1 Å². The molecular formula is C17H19ClN2S. The first kappa shape index (κ1) is 14.6. The number of aromatic nitrogens is 1. The summed E-state index contributed by atoms with van der Waals surface area (Å²) in [4.78, 5) is 1.36. The van der Waals surface area contributed by atoms with E-state index in [9.17, 15) is 0 Å². The van der Waals surface area contributed by atoms with Gasteiger partial charge in [0.1, 0.15) is 0 Å². The SMILES string of the molecule is CCCNCc1cn(Cc2cccs2)c2cc(Cl)ccc12. The van der Waals surface area contributed by atoms with Crippen LogP contribution in [0.1, 0.15) is 23.8 Å². The van der Waals surface area contributed by atoms with Gasteiger partial charge in [0.25, 0.3) is 0 Å². The lowest BCUT2D eigenvalue weighted by Crippen LogP contribution is -2.13. The molecule has 0 bridgehead atoms. The lowest BCUT2D eigenvalue weighted by atomic mass is 10.2. The molecule has 0 radical (unpaired) electrons. The van der Waals surface area contributed by atoms with Gasteiger partial charge < -0.3 is 9.88 Å². The molecule has 0 atom stereocenters. The Morgan fingerprint density at radius 2 is 2.19 bits per heavy atom. The lowest BCUT2D eigenvalue weighted by molar-refractivity contribution is 0.675. The van der Waals surface area contributed by atoms with Gasteiger partial charge >= 0.3 is 0 Å². The van der Waals surface area contributed by atoms with E-state index in [-0.39, 0.29) is 0 Å². The zero-order valence-corrected chi connectivity index (χ0v) is 13.7. The van der Waals surface area contributed by atoms with Crippen LogP contribution in [-0.2, 0) is 13.1 Å². The summed E-state index contributed by atoms with van der Waals surface area (Å²) in [6.45, 7) is 5.05. The molecule has 0 fully saturated rings. The fourth-order valence-corrected chi connectivity index (χ4v) is 3.45. The van der Waals surface area contributed by atoms with Crippen molar-refractivity contribution in [2.75, 3.05) is 6.54 Å². The van der Waals surface area contributed by atoms with Gasteiger partial charge in [-0.25, -0.2) is 0 Å². The van der Waals surface area contributed by atoms with Gasteiger partial charge in [-0.15, -0.1) is 11.3 Å². The van der Waals surface area contributed by atoms with Crippen LogP contribution in [0.2, 0.25) is 5.02 Å². The van der Waals surface area contributed by atoms with Gasteiger partial charge in [-0.1, -0.05) is 30.7 Å². The predicted octanol–water partition coefficient (Wildman–Crippen LogP) is 4.90. The molecule has 0 aliphatic rings. The van der Waals surface area contributed by atoms with Crippen molar-refractivity contribution in [3.8, 4) is 0 Å². The first-order valence-corrected chi connectivity index (χ1v) is 8.54. The quantitative estimate of drug-likeness (QED) is 0.639. The van der Waals surface area contributed by atoms with E-state index >= 15 is 0 Å². The molecule has 0 aliphatic heterocycles. The summed E-state index contributed by atoms with van der Waals surface area (Å²) in [5.74, 6) is 0. The van der Waals surface area contributed by atoms with Crippen molar-refractivity contribution in [1.82, 2.24) is 9.88 Å². The molecule has 0 spiro atoms. The van der Waals surface area contributed by atoms with E-state index in [0.717, 1.165) is 31.1 Å². The zero-order valence-electron chi connectivity index (χ0n) is 12.1. The van der Waals surface area contributed by atoms with Crippen molar-refractivity contribution in [3.63, 3.8) is 0 Å². The van der Waals surface area contributed by atoms with Crippen LogP contribution in [0.4, 0.5) is 0 Å². The number of nitrogens with one attached hydrogen (secondary N) is 1. The van der Waals surface area contributed by atoms with Crippen molar-refractivity contribution in [1.29, 1.82) is 0 Å². The number of hydrogen-bond acceptors (Lipinski definition) is 2. The summed E-state index contributed by atoms with van der Waals surface area (Å²) < 4.78 is 2.30. The average Bonchev–Trinajstić information content (AvgIpc) is 3.09. The number of benzene rings is 1. The molecule has 0 saturated carbocycles. The third-order valence-corrected chi connectivity index (χ3v) is 4.67. The van der Waals surface area contributed by atoms with Crippen LogP contribution in [0.15, 0.2) is 41.9 Å². The summed E-state index contributed by atoms with van der Waals surface area (Å²) in [6.07, 6.45) is 3.41. The van der Waals surface area contributed by atoms with E-state index in [1.165, 1.54) is 21.3 Å². The smallest absolute Gasteiger partial charge is 0.0569 e. The molecule has 2 nitrogen and oxygen atoms in total. The maximum absolute atomic E-state index is 6.18. The van der Waals surface area contributed by atoms with Gasteiger partial charge in [-0.05, 0) is 42.1 Å². The normalized spacial score (nSPS) is 11.3. The molecule has 2 aromatic heterocycles. The first-order chi connectivity index (χ1) is 10.3. The predicted molar refractivity (Wildman–Crippen MR) is 92.4 cm³/mol. The molecular weight excluding hydrogens is 300 g/mol. The Labute approximate surface area is 134 Å². The monoisotopic (exact) mass is 318 g/mol. The number of halogens is 1. The molecule has 0 saturated heterocycles. The molecule has 3 rings (SSSR count). The highest BCUT2D eigenvalue weighted by molar-refractivity contribution is 7.09. The number of rotatable bonds is 6. The fourth-order valence-electron chi connectivity index (χ4n) is 2.58. The van der Waals surface area contributed by atoms with Gasteiger partial charge in [0.15, 0.2) is 0 Å². The van der Waals surface area contributed by atoms with Crippen LogP contribution in [0.3, 0.4) is 0 Å². The summed E-state index contributed by atoms with van der Waals surface area (Å²) >= 11 is 7.97. The van der Waals surface area contributed by atoms with Gasteiger partial charge in [-0.2, -0.15) is 0 Å². The van der Waals surface area contributed by atoms with Crippen molar-refractivity contribution in [3.05, 3.63) is 57.4 Å². The Morgan fingerprint density at radius 1 is 1.29 bits per heavy atom. The average molecular weight is 319 g/mol. The number of hydrogen-bond donors (Lipinski definition) is 1. The molecule has 4 heteroatoms. The van der Waals surface area contributed by atoms with Crippen molar-refractivity contribution in [2.45, 2.75) is 26.4 Å². The number of fused-ring (bicyclic) bond motifs is 1. The maximum Gasteiger partial charge on any atom is 0.0569 e. The Bertz CT molecular complexity index is 716. The van der Waals surface area contributed by atoms with E-state index in [2.05, 4.69) is 52.7 Å². The second-order valence-corrected chi connectivity index (χ2v) is 6.67. The zero-order chi connectivity index (χ0) is 14.7. The summed E-state index contributed by atoms with van der Waals surface area (Å²) in [6, 6.07) is 10.4. The minimum absolute atomic E-state index is 0.793. The maximum atomic E-state index is 6.18. The van der Waals surface area contributed by atoms with E-state index in [1.54, 1.807) is 11.3 Å². The molecule has 1 aromatic carbocycles. The Hall–Kier alpha value is -1.29. The number of thiophene rings is 1. The van der Waals surface area contributed by atoms with Gasteiger partial charge in [0.2, 0.25) is 0 Å². The van der Waals surface area contributed by atoms with Gasteiger partial charge in [-0.3, -0.25) is 0 Å². The Kier molecular flexibility index (Phi) is 4.63. The van der Waals surface area contributed by atoms with Gasteiger partial charge in [0, 0.05) is 28.0 Å². The summed E-state index contributed by atoms with van der Waals surface area (Å²) in [5, 5.41) is 7.69. The number of nitrogens with zero attached hydrogens (tertiary/aromatic N) is 1. The third-order valence-electron chi connectivity index (χ3n) is 3.58. The van der Waals surface area contributed by atoms with Gasteiger partial charge in [0.05, 0.1) is 12.1 Å². The third kappa shape index (κ3) is 3.31. The highest BCUT2D eigenvalue weighted by Crippen LogP contribution is 2.26. The molecule has 1 N–H and O–H groups in total. The Balaban J connectivity index is 1.96. The van der Waals surface area contributed by atoms with E-state index in [1.807, 2.05) is 6.07 Å². The van der Waals surface area contributed by atoms with Crippen LogP contribution in [0.25, 0.3) is 10.9 Å². The highest BCUT2D eigenvalue weighted by Gasteiger charge is 2.09. The molecule has 21 heavy (non-hydrogen) atoms. The molecule has 0 amide bonds. The fraction of sp³-hybridized carbons (Fsp3) is 0.294. The molecule has 0 unspecified atom stereocenters. The summed E-state index contributed by atoms with van der Waals surface area (Å²) in [7, 11) is 0. The second kappa shape index (κ2) is 6.65. The first-order valence-electron chi connectivity index (χ1n) is 7.28. The van der Waals surface area contributed by atoms with Crippen LogP contribution >= 0.6 is 22.9 Å². The van der Waals surface area contributed by atoms with Crippen LogP contribution in [0.5, 0.6) is 0 Å². The minimum atomic E-state index is 0.793. The lowest BCUT2D eigenvalue weighted by Gasteiger charge is -2.03. The minimum Gasteiger partial charge on any atom is -0.342 e. The molecule has 2 heterocycles. The Morgan fingerprint density at radius 3 is 2.95 bits per heavy atom. The molecule has 110 valence electrons. The van der Waals surface area contributed by atoms with E-state index in [4.69, 9.17) is 11.6 Å².